The molecule has 6 nitrogen and oxygen atoms in total. The second-order valence-electron chi connectivity index (χ2n) is 4.62. The van der Waals surface area contributed by atoms with Crippen molar-refractivity contribution < 1.29 is 14.0 Å². The molecular weight excluding hydrogens is 284 g/mol. The zero-order valence-electron chi connectivity index (χ0n) is 13.4. The van der Waals surface area contributed by atoms with E-state index in [2.05, 4.69) is 5.32 Å². The molecule has 120 valence electrons. The summed E-state index contributed by atoms with van der Waals surface area (Å²) in [6.45, 7) is 5.89. The highest BCUT2D eigenvalue weighted by molar-refractivity contribution is 5.77. The quantitative estimate of drug-likeness (QED) is 0.859. The van der Waals surface area contributed by atoms with E-state index in [9.17, 15) is 14.4 Å². The van der Waals surface area contributed by atoms with Gasteiger partial charge in [-0.1, -0.05) is 19.9 Å². The number of aryl methyl sites for hydroxylation is 1. The minimum Gasteiger partial charge on any atom is -0.408 e. The minimum absolute atomic E-state index is 0.172. The fourth-order valence-electron chi connectivity index (χ4n) is 2.12. The van der Waals surface area contributed by atoms with Crippen LogP contribution in [0.2, 0.25) is 0 Å². The number of hydrogen-bond acceptors (Lipinski definition) is 4. The molecule has 0 radical (unpaired) electrons. The average Bonchev–Trinajstić information content (AvgIpc) is 2.85. The van der Waals surface area contributed by atoms with E-state index in [1.807, 2.05) is 26.8 Å². The van der Waals surface area contributed by atoms with Gasteiger partial charge in [0, 0.05) is 13.5 Å². The molecule has 22 heavy (non-hydrogen) atoms. The van der Waals surface area contributed by atoms with Crippen molar-refractivity contribution in [1.82, 2.24) is 9.88 Å². The lowest BCUT2D eigenvalue weighted by Gasteiger charge is -2.10. The van der Waals surface area contributed by atoms with Gasteiger partial charge in [0.05, 0.1) is 11.6 Å². The normalized spacial score (nSPS) is 11.5. The summed E-state index contributed by atoms with van der Waals surface area (Å²) in [6.07, 6.45) is 1.09. The first-order valence-electron chi connectivity index (χ1n) is 7.34. The predicted molar refractivity (Wildman–Crippen MR) is 85.0 cm³/mol. The molecule has 1 unspecified atom stereocenters. The molecule has 1 N–H and O–H groups in total. The van der Waals surface area contributed by atoms with Crippen molar-refractivity contribution in [2.24, 2.45) is 0 Å². The maximum atomic E-state index is 11.9. The molecule has 6 heteroatoms. The van der Waals surface area contributed by atoms with E-state index < -0.39 is 11.8 Å². The number of oxazole rings is 1. The average molecular weight is 306 g/mol. The van der Waals surface area contributed by atoms with E-state index in [0.717, 1.165) is 5.56 Å². The van der Waals surface area contributed by atoms with Crippen LogP contribution in [-0.2, 0) is 9.59 Å². The van der Waals surface area contributed by atoms with Crippen molar-refractivity contribution in [3.05, 3.63) is 34.3 Å². The number of amides is 1. The number of rotatable bonds is 5. The van der Waals surface area contributed by atoms with E-state index in [4.69, 9.17) is 4.42 Å². The maximum absolute atomic E-state index is 11.9. The van der Waals surface area contributed by atoms with Crippen LogP contribution in [0.5, 0.6) is 0 Å². The second-order valence-corrected chi connectivity index (χ2v) is 4.62. The topological polar surface area (TPSA) is 81.3 Å². The van der Waals surface area contributed by atoms with Crippen LogP contribution in [0.4, 0.5) is 0 Å². The first-order valence-corrected chi connectivity index (χ1v) is 7.34. The van der Waals surface area contributed by atoms with E-state index in [1.165, 1.54) is 11.6 Å². The number of carbonyl (C=O) groups excluding carboxylic acids is 2. The molecule has 2 aromatic rings. The standard InChI is InChI=1S/C14H16N2O4.C2H6/c1-9-3-5-11-12(7-9)20-14(19)16(11)10(8-17)4-6-13(18)15-2;1-2/h3,5,7-8,10H,4,6H2,1-2H3,(H,15,18);1-2H3. The highest BCUT2D eigenvalue weighted by Crippen LogP contribution is 2.20. The lowest BCUT2D eigenvalue weighted by molar-refractivity contribution is -0.121. The van der Waals surface area contributed by atoms with Crippen LogP contribution in [0, 0.1) is 6.92 Å². The van der Waals surface area contributed by atoms with Crippen LogP contribution in [0.1, 0.15) is 38.3 Å². The van der Waals surface area contributed by atoms with Gasteiger partial charge in [0.15, 0.2) is 5.58 Å². The lowest BCUT2D eigenvalue weighted by Crippen LogP contribution is -2.24. The minimum atomic E-state index is -0.705. The summed E-state index contributed by atoms with van der Waals surface area (Å²) >= 11 is 0. The zero-order chi connectivity index (χ0) is 16.7. The van der Waals surface area contributed by atoms with Crippen LogP contribution >= 0.6 is 0 Å². The van der Waals surface area contributed by atoms with E-state index in [-0.39, 0.29) is 18.7 Å². The summed E-state index contributed by atoms with van der Waals surface area (Å²) in [5.41, 5.74) is 1.97. The molecule has 0 spiro atoms. The van der Waals surface area contributed by atoms with Crippen molar-refractivity contribution in [3.8, 4) is 0 Å². The van der Waals surface area contributed by atoms with Gasteiger partial charge in [-0.3, -0.25) is 9.36 Å². The summed E-state index contributed by atoms with van der Waals surface area (Å²) < 4.78 is 6.44. The van der Waals surface area contributed by atoms with Gasteiger partial charge in [-0.15, -0.1) is 0 Å². The highest BCUT2D eigenvalue weighted by atomic mass is 16.4. The first-order chi connectivity index (χ1) is 10.6. The van der Waals surface area contributed by atoms with Gasteiger partial charge in [-0.2, -0.15) is 0 Å². The van der Waals surface area contributed by atoms with Gasteiger partial charge in [0.1, 0.15) is 6.29 Å². The zero-order valence-corrected chi connectivity index (χ0v) is 13.4. The van der Waals surface area contributed by atoms with Crippen molar-refractivity contribution in [2.45, 2.75) is 39.7 Å². The van der Waals surface area contributed by atoms with Crippen molar-refractivity contribution in [2.75, 3.05) is 7.05 Å². The third-order valence-electron chi connectivity index (χ3n) is 3.20. The highest BCUT2D eigenvalue weighted by Gasteiger charge is 2.19. The summed E-state index contributed by atoms with van der Waals surface area (Å²) in [7, 11) is 1.53. The van der Waals surface area contributed by atoms with Crippen LogP contribution in [-0.4, -0.2) is 23.8 Å². The molecular formula is C16H22N2O4. The summed E-state index contributed by atoms with van der Waals surface area (Å²) in [4.78, 5) is 34.4. The Morgan fingerprint density at radius 1 is 1.41 bits per heavy atom. The Hall–Kier alpha value is -2.37. The number of aldehydes is 1. The lowest BCUT2D eigenvalue weighted by atomic mass is 10.1. The van der Waals surface area contributed by atoms with Gasteiger partial charge in [-0.05, 0) is 31.0 Å². The fraction of sp³-hybridized carbons (Fsp3) is 0.438. The Balaban J connectivity index is 0.00000116. The van der Waals surface area contributed by atoms with Crippen molar-refractivity contribution in [3.63, 3.8) is 0 Å². The monoisotopic (exact) mass is 306 g/mol. The smallest absolute Gasteiger partial charge is 0.408 e. The Labute approximate surface area is 129 Å². The molecule has 0 saturated heterocycles. The molecule has 0 aliphatic carbocycles. The fourth-order valence-corrected chi connectivity index (χ4v) is 2.12. The number of benzene rings is 1. The second kappa shape index (κ2) is 8.17. The van der Waals surface area contributed by atoms with Crippen LogP contribution < -0.4 is 11.1 Å². The number of hydrogen-bond donors (Lipinski definition) is 1. The molecule has 1 aromatic heterocycles. The Morgan fingerprint density at radius 3 is 2.68 bits per heavy atom. The molecule has 0 bridgehead atoms. The Kier molecular flexibility index (Phi) is 6.56. The van der Waals surface area contributed by atoms with Gasteiger partial charge in [0.2, 0.25) is 5.91 Å². The van der Waals surface area contributed by atoms with Crippen LogP contribution in [0.25, 0.3) is 11.1 Å². The number of aromatic nitrogens is 1. The molecule has 1 heterocycles. The number of carbonyl (C=O) groups is 2. The molecule has 0 aliphatic heterocycles. The number of nitrogens with zero attached hydrogens (tertiary/aromatic N) is 1. The molecule has 0 fully saturated rings. The number of nitrogens with one attached hydrogen (secondary N) is 1. The van der Waals surface area contributed by atoms with E-state index in [1.54, 1.807) is 12.1 Å². The maximum Gasteiger partial charge on any atom is 0.420 e. The molecule has 1 amide bonds. The third kappa shape index (κ3) is 3.84. The molecule has 0 aliphatic rings. The first kappa shape index (κ1) is 17.7. The summed E-state index contributed by atoms with van der Waals surface area (Å²) in [5, 5.41) is 2.48. The van der Waals surface area contributed by atoms with E-state index >= 15 is 0 Å². The summed E-state index contributed by atoms with van der Waals surface area (Å²) in [5.74, 6) is -0.756. The Morgan fingerprint density at radius 2 is 2.09 bits per heavy atom. The van der Waals surface area contributed by atoms with Gasteiger partial charge < -0.3 is 14.5 Å². The van der Waals surface area contributed by atoms with Crippen LogP contribution in [0.3, 0.4) is 0 Å². The van der Waals surface area contributed by atoms with Gasteiger partial charge in [-0.25, -0.2) is 4.79 Å². The van der Waals surface area contributed by atoms with E-state index in [0.29, 0.717) is 17.4 Å². The third-order valence-corrected chi connectivity index (χ3v) is 3.20. The molecule has 1 aromatic carbocycles. The molecule has 1 atom stereocenters. The number of fused-ring (bicyclic) bond motifs is 1. The van der Waals surface area contributed by atoms with Crippen molar-refractivity contribution >= 4 is 23.3 Å². The predicted octanol–water partition coefficient (Wildman–Crippen LogP) is 2.20. The van der Waals surface area contributed by atoms with Gasteiger partial charge in [0.25, 0.3) is 0 Å². The van der Waals surface area contributed by atoms with Gasteiger partial charge >= 0.3 is 5.76 Å². The van der Waals surface area contributed by atoms with Crippen molar-refractivity contribution in [1.29, 1.82) is 0 Å². The largest absolute Gasteiger partial charge is 0.420 e. The SMILES string of the molecule is CC.CNC(=O)CCC(C=O)n1c(=O)oc2cc(C)ccc21. The molecule has 2 rings (SSSR count). The molecule has 0 saturated carbocycles. The van der Waals surface area contributed by atoms with Crippen LogP contribution in [0.15, 0.2) is 27.4 Å². The Bertz CT molecular complexity index is 700. The summed E-state index contributed by atoms with van der Waals surface area (Å²) in [6, 6.07) is 4.62.